The molecule has 1 aliphatic rings. The first-order chi connectivity index (χ1) is 11.7. The van der Waals surface area contributed by atoms with Gasteiger partial charge in [-0.1, -0.05) is 24.3 Å². The smallest absolute Gasteiger partial charge is 0.133 e. The van der Waals surface area contributed by atoms with E-state index in [0.29, 0.717) is 0 Å². The maximum atomic E-state index is 13.7. The molecule has 0 spiro atoms. The Labute approximate surface area is 148 Å². The van der Waals surface area contributed by atoms with Gasteiger partial charge < -0.3 is 5.32 Å². The van der Waals surface area contributed by atoms with Gasteiger partial charge in [0.05, 0.1) is 11.4 Å². The van der Waals surface area contributed by atoms with Crippen molar-refractivity contribution < 1.29 is 4.39 Å². The summed E-state index contributed by atoms with van der Waals surface area (Å²) in [5.74, 6) is 0.775. The van der Waals surface area contributed by atoms with Crippen molar-refractivity contribution in [2.75, 3.05) is 11.9 Å². The quantitative estimate of drug-likeness (QED) is 0.657. The topological polar surface area (TPSA) is 29.9 Å². The molecule has 0 aliphatic carbocycles. The number of anilines is 1. The van der Waals surface area contributed by atoms with Gasteiger partial charge >= 0.3 is 0 Å². The van der Waals surface area contributed by atoms with Crippen LogP contribution in [0.1, 0.15) is 18.4 Å². The van der Waals surface area contributed by atoms with Crippen molar-refractivity contribution in [2.24, 2.45) is 0 Å². The van der Waals surface area contributed by atoms with Crippen LogP contribution >= 0.6 is 15.9 Å². The predicted octanol–water partition coefficient (Wildman–Crippen LogP) is 5.19. The number of hydrogen-bond acceptors (Lipinski definition) is 2. The van der Waals surface area contributed by atoms with Gasteiger partial charge in [0, 0.05) is 22.1 Å². The number of aromatic nitrogens is 2. The number of benzene rings is 2. The lowest BCUT2D eigenvalue weighted by Gasteiger charge is -2.10. The minimum Gasteiger partial charge on any atom is -0.370 e. The molecule has 5 heteroatoms. The maximum Gasteiger partial charge on any atom is 0.133 e. The lowest BCUT2D eigenvalue weighted by molar-refractivity contribution is 0.628. The molecule has 3 aromatic rings. The van der Waals surface area contributed by atoms with Gasteiger partial charge in [0.1, 0.15) is 11.6 Å². The highest BCUT2D eigenvalue weighted by Gasteiger charge is 2.22. The van der Waals surface area contributed by atoms with Crippen molar-refractivity contribution >= 4 is 21.7 Å². The molecule has 0 atom stereocenters. The highest BCUT2D eigenvalue weighted by atomic mass is 79.9. The Hall–Kier alpha value is -2.14. The number of hydrogen-bond donors (Lipinski definition) is 1. The largest absolute Gasteiger partial charge is 0.370 e. The number of fused-ring (bicyclic) bond motifs is 1. The molecule has 0 fully saturated rings. The van der Waals surface area contributed by atoms with Crippen molar-refractivity contribution in [3.05, 3.63) is 64.4 Å². The average molecular weight is 386 g/mol. The first-order valence-corrected chi connectivity index (χ1v) is 8.90. The Bertz CT molecular complexity index is 888. The van der Waals surface area contributed by atoms with Crippen LogP contribution in [0.3, 0.4) is 0 Å². The molecular formula is C19H17BrFN3. The van der Waals surface area contributed by atoms with E-state index in [1.165, 1.54) is 6.07 Å². The standard InChI is InChI=1S/C19H17BrFN3/c20-16-9-1-2-10-17(16)24-19-15(8-3-4-11-22-19)18(23-24)13-6-5-7-14(21)12-13/h1-2,5-7,9-10,12,22H,3-4,8,11H2. The second kappa shape index (κ2) is 6.40. The molecule has 0 amide bonds. The minimum absolute atomic E-state index is 0.238. The molecule has 0 radical (unpaired) electrons. The SMILES string of the molecule is Fc1cccc(-c2nn(-c3ccccc3Br)c3c2CCCCN3)c1. The zero-order valence-corrected chi connectivity index (χ0v) is 14.7. The fourth-order valence-electron chi connectivity index (χ4n) is 3.17. The fourth-order valence-corrected chi connectivity index (χ4v) is 3.62. The van der Waals surface area contributed by atoms with Gasteiger partial charge in [0.15, 0.2) is 0 Å². The number of nitrogens with zero attached hydrogens (tertiary/aromatic N) is 2. The van der Waals surface area contributed by atoms with Crippen molar-refractivity contribution in [2.45, 2.75) is 19.3 Å². The van der Waals surface area contributed by atoms with Gasteiger partial charge in [-0.25, -0.2) is 9.07 Å². The Morgan fingerprint density at radius 3 is 2.79 bits per heavy atom. The molecule has 1 aromatic heterocycles. The minimum atomic E-state index is -0.238. The molecule has 0 unspecified atom stereocenters. The van der Waals surface area contributed by atoms with E-state index in [1.54, 1.807) is 12.1 Å². The third kappa shape index (κ3) is 2.73. The van der Waals surface area contributed by atoms with E-state index in [0.717, 1.165) is 58.6 Å². The zero-order valence-electron chi connectivity index (χ0n) is 13.1. The van der Waals surface area contributed by atoms with E-state index in [9.17, 15) is 4.39 Å². The summed E-state index contributed by atoms with van der Waals surface area (Å²) in [4.78, 5) is 0. The fraction of sp³-hybridized carbons (Fsp3) is 0.211. The summed E-state index contributed by atoms with van der Waals surface area (Å²) in [5.41, 5.74) is 3.81. The van der Waals surface area contributed by atoms with E-state index < -0.39 is 0 Å². The third-order valence-corrected chi connectivity index (χ3v) is 4.98. The van der Waals surface area contributed by atoms with Crippen LogP contribution in [0.25, 0.3) is 16.9 Å². The normalized spacial score (nSPS) is 13.9. The van der Waals surface area contributed by atoms with Crippen molar-refractivity contribution in [1.29, 1.82) is 0 Å². The number of nitrogens with one attached hydrogen (secondary N) is 1. The monoisotopic (exact) mass is 385 g/mol. The molecule has 0 saturated heterocycles. The summed E-state index contributed by atoms with van der Waals surface area (Å²) in [6.07, 6.45) is 3.16. The summed E-state index contributed by atoms with van der Waals surface area (Å²) in [6, 6.07) is 14.7. The molecule has 122 valence electrons. The van der Waals surface area contributed by atoms with Gasteiger partial charge in [-0.15, -0.1) is 0 Å². The summed E-state index contributed by atoms with van der Waals surface area (Å²) < 4.78 is 16.6. The van der Waals surface area contributed by atoms with Crippen LogP contribution in [-0.4, -0.2) is 16.3 Å². The molecule has 1 aliphatic heterocycles. The Balaban J connectivity index is 1.94. The average Bonchev–Trinajstić information content (AvgIpc) is 2.77. The summed E-state index contributed by atoms with van der Waals surface area (Å²) in [5, 5.41) is 8.34. The third-order valence-electron chi connectivity index (χ3n) is 4.31. The van der Waals surface area contributed by atoms with Crippen molar-refractivity contribution in [3.63, 3.8) is 0 Å². The van der Waals surface area contributed by atoms with Crippen molar-refractivity contribution in [3.8, 4) is 16.9 Å². The maximum absolute atomic E-state index is 13.7. The molecule has 24 heavy (non-hydrogen) atoms. The molecule has 1 N–H and O–H groups in total. The summed E-state index contributed by atoms with van der Waals surface area (Å²) >= 11 is 3.61. The van der Waals surface area contributed by atoms with Crippen LogP contribution in [0.2, 0.25) is 0 Å². The Morgan fingerprint density at radius 1 is 1.08 bits per heavy atom. The zero-order chi connectivity index (χ0) is 16.5. The number of para-hydroxylation sites is 1. The lowest BCUT2D eigenvalue weighted by Crippen LogP contribution is -2.07. The van der Waals surface area contributed by atoms with Gasteiger partial charge in [-0.05, 0) is 59.5 Å². The van der Waals surface area contributed by atoms with E-state index in [1.807, 2.05) is 35.0 Å². The predicted molar refractivity (Wildman–Crippen MR) is 98.1 cm³/mol. The van der Waals surface area contributed by atoms with Crippen LogP contribution in [0.5, 0.6) is 0 Å². The molecule has 3 nitrogen and oxygen atoms in total. The first kappa shape index (κ1) is 15.4. The first-order valence-electron chi connectivity index (χ1n) is 8.10. The van der Waals surface area contributed by atoms with Crippen LogP contribution in [0, 0.1) is 5.82 Å². The second-order valence-corrected chi connectivity index (χ2v) is 6.79. The molecule has 0 saturated carbocycles. The van der Waals surface area contributed by atoms with E-state index >= 15 is 0 Å². The van der Waals surface area contributed by atoms with Crippen molar-refractivity contribution in [1.82, 2.24) is 9.78 Å². The van der Waals surface area contributed by atoms with E-state index in [4.69, 9.17) is 5.10 Å². The number of halogens is 2. The van der Waals surface area contributed by atoms with E-state index in [-0.39, 0.29) is 5.82 Å². The second-order valence-electron chi connectivity index (χ2n) is 5.93. The van der Waals surface area contributed by atoms with Gasteiger partial charge in [0.2, 0.25) is 0 Å². The highest BCUT2D eigenvalue weighted by molar-refractivity contribution is 9.10. The van der Waals surface area contributed by atoms with Gasteiger partial charge in [0.25, 0.3) is 0 Å². The molecule has 2 heterocycles. The number of rotatable bonds is 2. The summed E-state index contributed by atoms with van der Waals surface area (Å²) in [6.45, 7) is 0.922. The van der Waals surface area contributed by atoms with Crippen LogP contribution < -0.4 is 5.32 Å². The molecule has 0 bridgehead atoms. The summed E-state index contributed by atoms with van der Waals surface area (Å²) in [7, 11) is 0. The Morgan fingerprint density at radius 2 is 1.96 bits per heavy atom. The molecule has 2 aromatic carbocycles. The van der Waals surface area contributed by atoms with Crippen LogP contribution in [-0.2, 0) is 6.42 Å². The molecule has 4 rings (SSSR count). The highest BCUT2D eigenvalue weighted by Crippen LogP contribution is 2.35. The lowest BCUT2D eigenvalue weighted by atomic mass is 10.0. The van der Waals surface area contributed by atoms with E-state index in [2.05, 4.69) is 21.2 Å². The van der Waals surface area contributed by atoms with Gasteiger partial charge in [-0.2, -0.15) is 5.10 Å². The van der Waals surface area contributed by atoms with Gasteiger partial charge in [-0.3, -0.25) is 0 Å². The van der Waals surface area contributed by atoms with Crippen LogP contribution in [0.4, 0.5) is 10.2 Å². The molecular weight excluding hydrogens is 369 g/mol. The Kier molecular flexibility index (Phi) is 4.10. The van der Waals surface area contributed by atoms with Crippen LogP contribution in [0.15, 0.2) is 53.0 Å².